The number of hydrogen-bond donors (Lipinski definition) is 3. The molecule has 1 saturated carbocycles. The van der Waals surface area contributed by atoms with Crippen LogP contribution in [0.4, 0.5) is 5.69 Å². The fourth-order valence-corrected chi connectivity index (χ4v) is 4.99. The molecule has 0 aromatic carbocycles. The first-order valence-corrected chi connectivity index (χ1v) is 13.1. The first-order chi connectivity index (χ1) is 16.8. The van der Waals surface area contributed by atoms with Crippen molar-refractivity contribution in [3.8, 4) is 0 Å². The lowest BCUT2D eigenvalue weighted by Gasteiger charge is -2.28. The zero-order valence-electron chi connectivity index (χ0n) is 22.4. The number of anilines is 1. The Hall–Kier alpha value is -3.08. The summed E-state index contributed by atoms with van der Waals surface area (Å²) in [5.74, 6) is 0.633. The number of fused-ring (bicyclic) bond motifs is 1. The SMILES string of the molecule is CC/C=C/C=C\C(=C(/C)C1CCC1)c1cc(NCC(=N)/C=C\N)c2c(n1)c(C)c(CC)n2C(C)C. The van der Waals surface area contributed by atoms with Crippen LogP contribution in [0.1, 0.15) is 83.3 Å². The van der Waals surface area contributed by atoms with Crippen LogP contribution < -0.4 is 11.1 Å². The highest BCUT2D eigenvalue weighted by Crippen LogP contribution is 2.40. The summed E-state index contributed by atoms with van der Waals surface area (Å²) in [5.41, 5.74) is 15.4. The molecule has 0 aliphatic heterocycles. The number of nitrogens with two attached hydrogens (primary N) is 1. The Kier molecular flexibility index (Phi) is 9.13. The van der Waals surface area contributed by atoms with Gasteiger partial charge in [0, 0.05) is 11.7 Å². The molecule has 0 atom stereocenters. The van der Waals surface area contributed by atoms with Gasteiger partial charge in [0.25, 0.3) is 0 Å². The molecule has 0 amide bonds. The second-order valence-electron chi connectivity index (χ2n) is 9.80. The van der Waals surface area contributed by atoms with E-state index >= 15 is 0 Å². The number of nitrogens with one attached hydrogen (secondary N) is 2. The van der Waals surface area contributed by atoms with Gasteiger partial charge in [-0.05, 0) is 88.8 Å². The van der Waals surface area contributed by atoms with Crippen molar-refractivity contribution < 1.29 is 0 Å². The third kappa shape index (κ3) is 5.77. The van der Waals surface area contributed by atoms with E-state index in [1.165, 1.54) is 47.9 Å². The number of allylic oxidation sites excluding steroid dienone is 6. The molecule has 1 aliphatic rings. The van der Waals surface area contributed by atoms with E-state index in [1.807, 2.05) is 0 Å². The van der Waals surface area contributed by atoms with Crippen LogP contribution in [-0.4, -0.2) is 21.8 Å². The topological polar surface area (TPSA) is 79.7 Å². The zero-order chi connectivity index (χ0) is 25.5. The maximum atomic E-state index is 8.21. The van der Waals surface area contributed by atoms with Crippen LogP contribution in [0.25, 0.3) is 16.6 Å². The maximum absolute atomic E-state index is 8.21. The quantitative estimate of drug-likeness (QED) is 0.234. The number of rotatable bonds is 11. The Morgan fingerprint density at radius 3 is 2.57 bits per heavy atom. The summed E-state index contributed by atoms with van der Waals surface area (Å²) in [6.07, 6.45) is 17.5. The zero-order valence-corrected chi connectivity index (χ0v) is 22.4. The molecule has 0 unspecified atom stereocenters. The minimum atomic E-state index is 0.309. The largest absolute Gasteiger partial charge is 0.405 e. The normalized spacial score (nSPS) is 15.6. The van der Waals surface area contributed by atoms with Gasteiger partial charge in [0.15, 0.2) is 0 Å². The molecular formula is C30H43N5. The summed E-state index contributed by atoms with van der Waals surface area (Å²) in [6.45, 7) is 13.7. The standard InChI is InChI=1S/C30H43N5/c1-7-9-10-11-15-25(21(5)23-13-12-14-23)26-18-27(33-19-24(32)16-17-31)30-29(34-26)22(6)28(8-2)35(30)20(3)4/h9-11,15-18,20,23,32H,7-8,12-14,19,31H2,1-6H3,(H,33,34)/b10-9+,15-11-,17-16-,25-21-,32-24?. The van der Waals surface area contributed by atoms with E-state index in [4.69, 9.17) is 16.1 Å². The van der Waals surface area contributed by atoms with Crippen molar-refractivity contribution in [2.45, 2.75) is 79.7 Å². The van der Waals surface area contributed by atoms with Crippen molar-refractivity contribution in [2.75, 3.05) is 11.9 Å². The Labute approximate surface area is 211 Å². The van der Waals surface area contributed by atoms with Crippen molar-refractivity contribution in [2.24, 2.45) is 11.7 Å². The predicted octanol–water partition coefficient (Wildman–Crippen LogP) is 7.49. The number of nitrogens with zero attached hydrogens (tertiary/aromatic N) is 2. The number of hydrogen-bond acceptors (Lipinski definition) is 4. The summed E-state index contributed by atoms with van der Waals surface area (Å²) in [6, 6.07) is 2.49. The van der Waals surface area contributed by atoms with Crippen LogP contribution in [0, 0.1) is 18.3 Å². The lowest BCUT2D eigenvalue weighted by Crippen LogP contribution is -2.15. The van der Waals surface area contributed by atoms with E-state index in [9.17, 15) is 0 Å². The lowest BCUT2D eigenvalue weighted by molar-refractivity contribution is 0.369. The van der Waals surface area contributed by atoms with Crippen LogP contribution in [0.15, 0.2) is 48.2 Å². The second-order valence-corrected chi connectivity index (χ2v) is 9.80. The number of aryl methyl sites for hydroxylation is 1. The smallest absolute Gasteiger partial charge is 0.0942 e. The summed E-state index contributed by atoms with van der Waals surface area (Å²) < 4.78 is 2.41. The van der Waals surface area contributed by atoms with E-state index in [1.54, 1.807) is 6.08 Å². The molecule has 2 aromatic heterocycles. The highest BCUT2D eigenvalue weighted by molar-refractivity contribution is 5.99. The fraction of sp³-hybridized carbons (Fsp3) is 0.467. The van der Waals surface area contributed by atoms with Gasteiger partial charge in [0.1, 0.15) is 0 Å². The molecule has 1 fully saturated rings. The molecule has 2 aromatic rings. The molecule has 0 bridgehead atoms. The van der Waals surface area contributed by atoms with Crippen molar-refractivity contribution in [3.05, 3.63) is 65.2 Å². The molecule has 4 N–H and O–H groups in total. The van der Waals surface area contributed by atoms with Gasteiger partial charge in [0.05, 0.1) is 34.7 Å². The predicted molar refractivity (Wildman–Crippen MR) is 152 cm³/mol. The Morgan fingerprint density at radius 2 is 2.00 bits per heavy atom. The van der Waals surface area contributed by atoms with E-state index in [0.29, 0.717) is 24.2 Å². The van der Waals surface area contributed by atoms with E-state index in [2.05, 4.69) is 81.8 Å². The van der Waals surface area contributed by atoms with Gasteiger partial charge in [-0.1, -0.05) is 50.1 Å². The summed E-state index contributed by atoms with van der Waals surface area (Å²) in [7, 11) is 0. The van der Waals surface area contributed by atoms with Gasteiger partial charge in [0.2, 0.25) is 0 Å². The summed E-state index contributed by atoms with van der Waals surface area (Å²) >= 11 is 0. The number of aromatic nitrogens is 2. The first kappa shape index (κ1) is 26.5. The molecule has 5 nitrogen and oxygen atoms in total. The molecule has 188 valence electrons. The Morgan fingerprint density at radius 1 is 1.26 bits per heavy atom. The highest BCUT2D eigenvalue weighted by atomic mass is 15.1. The third-order valence-corrected chi connectivity index (χ3v) is 7.09. The lowest BCUT2D eigenvalue weighted by atomic mass is 9.78. The van der Waals surface area contributed by atoms with Crippen molar-refractivity contribution in [1.82, 2.24) is 9.55 Å². The molecular weight excluding hydrogens is 430 g/mol. The molecule has 5 heteroatoms. The average Bonchev–Trinajstić information content (AvgIpc) is 3.08. The van der Waals surface area contributed by atoms with E-state index in [0.717, 1.165) is 35.3 Å². The van der Waals surface area contributed by atoms with Gasteiger partial charge in [-0.2, -0.15) is 0 Å². The Balaban J connectivity index is 2.26. The maximum Gasteiger partial charge on any atom is 0.0942 e. The molecule has 0 saturated heterocycles. The third-order valence-electron chi connectivity index (χ3n) is 7.09. The molecule has 2 heterocycles. The van der Waals surface area contributed by atoms with Crippen molar-refractivity contribution in [1.29, 1.82) is 5.41 Å². The minimum absolute atomic E-state index is 0.309. The van der Waals surface area contributed by atoms with Crippen LogP contribution in [0.5, 0.6) is 0 Å². The fourth-order valence-electron chi connectivity index (χ4n) is 4.99. The van der Waals surface area contributed by atoms with Gasteiger partial charge < -0.3 is 21.0 Å². The van der Waals surface area contributed by atoms with Gasteiger partial charge in [-0.15, -0.1) is 0 Å². The summed E-state index contributed by atoms with van der Waals surface area (Å²) in [5, 5.41) is 11.8. The first-order valence-electron chi connectivity index (χ1n) is 13.1. The highest BCUT2D eigenvalue weighted by Gasteiger charge is 2.24. The second kappa shape index (κ2) is 12.1. The van der Waals surface area contributed by atoms with E-state index in [-0.39, 0.29) is 0 Å². The minimum Gasteiger partial charge on any atom is -0.405 e. The van der Waals surface area contributed by atoms with Crippen molar-refractivity contribution in [3.63, 3.8) is 0 Å². The molecule has 0 spiro atoms. The van der Waals surface area contributed by atoms with Gasteiger partial charge in [-0.25, -0.2) is 4.98 Å². The number of pyridine rings is 1. The van der Waals surface area contributed by atoms with Gasteiger partial charge in [-0.3, -0.25) is 0 Å². The molecule has 0 radical (unpaired) electrons. The van der Waals surface area contributed by atoms with Crippen molar-refractivity contribution >= 4 is 28.0 Å². The monoisotopic (exact) mass is 473 g/mol. The van der Waals surface area contributed by atoms with Crippen LogP contribution in [-0.2, 0) is 6.42 Å². The van der Waals surface area contributed by atoms with Crippen LogP contribution in [0.2, 0.25) is 0 Å². The average molecular weight is 474 g/mol. The Bertz CT molecular complexity index is 1170. The van der Waals surface area contributed by atoms with Crippen LogP contribution >= 0.6 is 0 Å². The van der Waals surface area contributed by atoms with Crippen LogP contribution in [0.3, 0.4) is 0 Å². The molecule has 35 heavy (non-hydrogen) atoms. The van der Waals surface area contributed by atoms with Gasteiger partial charge >= 0.3 is 0 Å². The molecule has 1 aliphatic carbocycles. The summed E-state index contributed by atoms with van der Waals surface area (Å²) in [4.78, 5) is 5.29. The molecule has 3 rings (SSSR count). The van der Waals surface area contributed by atoms with E-state index < -0.39 is 0 Å².